The molecule has 1 aliphatic rings. The fourth-order valence-corrected chi connectivity index (χ4v) is 2.84. The van der Waals surface area contributed by atoms with Crippen LogP contribution < -0.4 is 0 Å². The van der Waals surface area contributed by atoms with Crippen LogP contribution in [0.25, 0.3) is 0 Å². The lowest BCUT2D eigenvalue weighted by atomic mass is 9.83. The normalized spacial score (nSPS) is 24.2. The fraction of sp³-hybridized carbons (Fsp3) is 0.929. The van der Waals surface area contributed by atoms with Crippen molar-refractivity contribution in [2.45, 2.75) is 51.0 Å². The molecular formula is C14H28N2O2. The summed E-state index contributed by atoms with van der Waals surface area (Å²) in [6.45, 7) is 1.18. The Hall–Kier alpha value is -0.770. The Kier molecular flexibility index (Phi) is 6.47. The lowest BCUT2D eigenvalue weighted by Crippen LogP contribution is -2.38. The van der Waals surface area contributed by atoms with Crippen molar-refractivity contribution in [2.75, 3.05) is 27.7 Å². The highest BCUT2D eigenvalue weighted by molar-refractivity contribution is 5.64. The van der Waals surface area contributed by atoms with Crippen molar-refractivity contribution in [3.63, 3.8) is 0 Å². The molecule has 0 aliphatic heterocycles. The number of hydrogen-bond donors (Lipinski definition) is 1. The van der Waals surface area contributed by atoms with Gasteiger partial charge in [0.25, 0.3) is 0 Å². The minimum atomic E-state index is -0.788. The molecule has 0 heterocycles. The maximum absolute atomic E-state index is 10.9. The van der Waals surface area contributed by atoms with Gasteiger partial charge in [0.15, 0.2) is 0 Å². The number of carbonyl (C=O) groups is 1. The van der Waals surface area contributed by atoms with Crippen LogP contribution in [0.4, 0.5) is 4.79 Å². The van der Waals surface area contributed by atoms with E-state index in [-0.39, 0.29) is 6.04 Å². The summed E-state index contributed by atoms with van der Waals surface area (Å²) in [5.74, 6) is 0.825. The van der Waals surface area contributed by atoms with Crippen LogP contribution in [0.5, 0.6) is 0 Å². The minimum absolute atomic E-state index is 0.250. The average Bonchev–Trinajstić information content (AvgIpc) is 2.34. The van der Waals surface area contributed by atoms with Gasteiger partial charge in [0, 0.05) is 13.1 Å². The SMILES string of the molecule is CN(C)CCCCC1CCC(N(C)C(=O)O)CC1. The Morgan fingerprint density at radius 1 is 1.11 bits per heavy atom. The highest BCUT2D eigenvalue weighted by Gasteiger charge is 2.25. The summed E-state index contributed by atoms with van der Waals surface area (Å²) < 4.78 is 0. The van der Waals surface area contributed by atoms with E-state index in [0.29, 0.717) is 0 Å². The zero-order valence-electron chi connectivity index (χ0n) is 12.1. The van der Waals surface area contributed by atoms with Crippen molar-refractivity contribution in [2.24, 2.45) is 5.92 Å². The van der Waals surface area contributed by atoms with Gasteiger partial charge in [-0.2, -0.15) is 0 Å². The van der Waals surface area contributed by atoms with Crippen LogP contribution in [0, 0.1) is 5.92 Å². The van der Waals surface area contributed by atoms with Gasteiger partial charge in [-0.1, -0.05) is 12.8 Å². The summed E-state index contributed by atoms with van der Waals surface area (Å²) in [5, 5.41) is 8.95. The maximum atomic E-state index is 10.9. The van der Waals surface area contributed by atoms with Crippen LogP contribution in [-0.4, -0.2) is 54.7 Å². The summed E-state index contributed by atoms with van der Waals surface area (Å²) in [6, 6.07) is 0.250. The van der Waals surface area contributed by atoms with Crippen LogP contribution in [0.1, 0.15) is 44.9 Å². The van der Waals surface area contributed by atoms with Gasteiger partial charge in [0.1, 0.15) is 0 Å². The molecule has 4 nitrogen and oxygen atoms in total. The summed E-state index contributed by atoms with van der Waals surface area (Å²) in [5.41, 5.74) is 0. The molecule has 0 aromatic heterocycles. The van der Waals surface area contributed by atoms with E-state index in [1.165, 1.54) is 43.5 Å². The number of hydrogen-bond acceptors (Lipinski definition) is 2. The Bertz CT molecular complexity index is 248. The van der Waals surface area contributed by atoms with E-state index in [4.69, 9.17) is 5.11 Å². The van der Waals surface area contributed by atoms with Gasteiger partial charge >= 0.3 is 6.09 Å². The quantitative estimate of drug-likeness (QED) is 0.743. The first-order valence-electron chi connectivity index (χ1n) is 7.11. The van der Waals surface area contributed by atoms with Gasteiger partial charge in [0.05, 0.1) is 0 Å². The summed E-state index contributed by atoms with van der Waals surface area (Å²) in [6.07, 6.45) is 7.60. The monoisotopic (exact) mass is 256 g/mol. The molecule has 1 rings (SSSR count). The van der Waals surface area contributed by atoms with E-state index in [9.17, 15) is 4.79 Å². The van der Waals surface area contributed by atoms with E-state index in [2.05, 4.69) is 19.0 Å². The molecule has 1 N–H and O–H groups in total. The van der Waals surface area contributed by atoms with Gasteiger partial charge in [-0.3, -0.25) is 0 Å². The number of amides is 1. The Morgan fingerprint density at radius 3 is 2.22 bits per heavy atom. The molecule has 0 radical (unpaired) electrons. The van der Waals surface area contributed by atoms with Gasteiger partial charge in [0.2, 0.25) is 0 Å². The Balaban J connectivity index is 2.13. The second-order valence-electron chi connectivity index (χ2n) is 5.87. The number of rotatable bonds is 6. The van der Waals surface area contributed by atoms with Crippen LogP contribution in [0.3, 0.4) is 0 Å². The number of nitrogens with zero attached hydrogens (tertiary/aromatic N) is 2. The van der Waals surface area contributed by atoms with E-state index in [1.807, 2.05) is 0 Å². The lowest BCUT2D eigenvalue weighted by Gasteiger charge is -2.33. The predicted molar refractivity (Wildman–Crippen MR) is 73.9 cm³/mol. The first-order valence-corrected chi connectivity index (χ1v) is 7.11. The largest absolute Gasteiger partial charge is 0.465 e. The van der Waals surface area contributed by atoms with Crippen molar-refractivity contribution in [3.05, 3.63) is 0 Å². The predicted octanol–water partition coefficient (Wildman–Crippen LogP) is 2.89. The molecule has 0 atom stereocenters. The van der Waals surface area contributed by atoms with Crippen LogP contribution in [0.15, 0.2) is 0 Å². The smallest absolute Gasteiger partial charge is 0.407 e. The van der Waals surface area contributed by atoms with Gasteiger partial charge in [-0.05, 0) is 58.7 Å². The van der Waals surface area contributed by atoms with Crippen molar-refractivity contribution in [3.8, 4) is 0 Å². The summed E-state index contributed by atoms with van der Waals surface area (Å²) in [7, 11) is 5.93. The molecule has 1 fully saturated rings. The molecular weight excluding hydrogens is 228 g/mol. The molecule has 0 saturated heterocycles. The standard InChI is InChI=1S/C14H28N2O2/c1-15(2)11-5-4-6-12-7-9-13(10-8-12)16(3)14(17)18/h12-13H,4-11H2,1-3H3,(H,17,18). The molecule has 0 aromatic rings. The molecule has 1 amide bonds. The van der Waals surface area contributed by atoms with Gasteiger partial charge in [-0.15, -0.1) is 0 Å². The summed E-state index contributed by atoms with van der Waals surface area (Å²) in [4.78, 5) is 14.6. The first kappa shape index (κ1) is 15.3. The number of carboxylic acid groups (broad SMARTS) is 1. The zero-order valence-corrected chi connectivity index (χ0v) is 12.1. The molecule has 0 bridgehead atoms. The minimum Gasteiger partial charge on any atom is -0.465 e. The van der Waals surface area contributed by atoms with E-state index in [0.717, 1.165) is 18.8 Å². The van der Waals surface area contributed by atoms with Crippen molar-refractivity contribution >= 4 is 6.09 Å². The second-order valence-corrected chi connectivity index (χ2v) is 5.87. The molecule has 1 saturated carbocycles. The van der Waals surface area contributed by atoms with Crippen molar-refractivity contribution in [1.82, 2.24) is 9.80 Å². The molecule has 1 aliphatic carbocycles. The van der Waals surface area contributed by atoms with E-state index >= 15 is 0 Å². The lowest BCUT2D eigenvalue weighted by molar-refractivity contribution is 0.117. The van der Waals surface area contributed by atoms with Crippen LogP contribution in [-0.2, 0) is 0 Å². The molecule has 0 unspecified atom stereocenters. The first-order chi connectivity index (χ1) is 8.50. The molecule has 0 aromatic carbocycles. The average molecular weight is 256 g/mol. The van der Waals surface area contributed by atoms with Gasteiger partial charge in [-0.25, -0.2) is 4.79 Å². The van der Waals surface area contributed by atoms with Gasteiger partial charge < -0.3 is 14.9 Å². The van der Waals surface area contributed by atoms with Crippen molar-refractivity contribution < 1.29 is 9.90 Å². The molecule has 4 heteroatoms. The Morgan fingerprint density at radius 2 is 1.72 bits per heavy atom. The fourth-order valence-electron chi connectivity index (χ4n) is 2.84. The third-order valence-corrected chi connectivity index (χ3v) is 4.13. The highest BCUT2D eigenvalue weighted by Crippen LogP contribution is 2.30. The zero-order chi connectivity index (χ0) is 13.5. The third kappa shape index (κ3) is 5.25. The van der Waals surface area contributed by atoms with Crippen LogP contribution >= 0.6 is 0 Å². The van der Waals surface area contributed by atoms with E-state index in [1.54, 1.807) is 7.05 Å². The van der Waals surface area contributed by atoms with Crippen LogP contribution in [0.2, 0.25) is 0 Å². The van der Waals surface area contributed by atoms with E-state index < -0.39 is 6.09 Å². The Labute approximate surface area is 111 Å². The topological polar surface area (TPSA) is 43.8 Å². The second kappa shape index (κ2) is 7.62. The highest BCUT2D eigenvalue weighted by atomic mass is 16.4. The third-order valence-electron chi connectivity index (χ3n) is 4.13. The summed E-state index contributed by atoms with van der Waals surface area (Å²) >= 11 is 0. The number of unbranched alkanes of at least 4 members (excludes halogenated alkanes) is 1. The maximum Gasteiger partial charge on any atom is 0.407 e. The molecule has 106 valence electrons. The molecule has 0 spiro atoms. The van der Waals surface area contributed by atoms with Crippen molar-refractivity contribution in [1.29, 1.82) is 0 Å². The molecule has 18 heavy (non-hydrogen) atoms.